The third-order valence-electron chi connectivity index (χ3n) is 3.82. The van der Waals surface area contributed by atoms with Crippen LogP contribution >= 0.6 is 0 Å². The third kappa shape index (κ3) is 4.73. The Morgan fingerprint density at radius 2 is 2.00 bits per heavy atom. The van der Waals surface area contributed by atoms with Gasteiger partial charge in [0.05, 0.1) is 18.4 Å². The Kier molecular flexibility index (Phi) is 4.80. The molecule has 0 unspecified atom stereocenters. The Labute approximate surface area is 132 Å². The molecule has 1 fully saturated rings. The molecule has 0 aliphatic carbocycles. The quantitative estimate of drug-likeness (QED) is 0.861. The van der Waals surface area contributed by atoms with Gasteiger partial charge in [-0.15, -0.1) is 0 Å². The first-order valence-electron chi connectivity index (χ1n) is 7.76. The lowest BCUT2D eigenvalue weighted by atomic mass is 9.93. The van der Waals surface area contributed by atoms with E-state index < -0.39 is 5.60 Å². The maximum Gasteiger partial charge on any atom is 0.410 e. The van der Waals surface area contributed by atoms with Crippen molar-refractivity contribution in [3.8, 4) is 0 Å². The van der Waals surface area contributed by atoms with Crippen LogP contribution in [0, 0.1) is 0 Å². The van der Waals surface area contributed by atoms with Crippen LogP contribution in [-0.4, -0.2) is 45.1 Å². The molecule has 1 amide bonds. The Hall–Kier alpha value is -1.56. The first-order valence-corrected chi connectivity index (χ1v) is 7.76. The number of nitrogens with zero attached hydrogens (tertiary/aromatic N) is 3. The molecule has 2 rings (SSSR count). The number of hydrogen-bond acceptors (Lipinski definition) is 4. The molecule has 1 aliphatic rings. The van der Waals surface area contributed by atoms with Crippen LogP contribution in [0.25, 0.3) is 0 Å². The van der Waals surface area contributed by atoms with Crippen molar-refractivity contribution < 1.29 is 14.3 Å². The van der Waals surface area contributed by atoms with Gasteiger partial charge in [-0.2, -0.15) is 5.10 Å². The van der Waals surface area contributed by atoms with Gasteiger partial charge in [0.2, 0.25) is 0 Å². The van der Waals surface area contributed by atoms with Crippen molar-refractivity contribution in [1.29, 1.82) is 0 Å². The van der Waals surface area contributed by atoms with E-state index in [1.807, 2.05) is 40.2 Å². The van der Waals surface area contributed by atoms with Gasteiger partial charge in [-0.05, 0) is 40.5 Å². The van der Waals surface area contributed by atoms with Gasteiger partial charge in [0.25, 0.3) is 0 Å². The second-order valence-electron chi connectivity index (χ2n) is 7.23. The molecule has 0 bridgehead atoms. The fraction of sp³-hybridized carbons (Fsp3) is 0.750. The zero-order chi connectivity index (χ0) is 16.4. The van der Waals surface area contributed by atoms with Crippen LogP contribution in [0.3, 0.4) is 0 Å². The molecule has 1 aromatic rings. The highest BCUT2D eigenvalue weighted by molar-refractivity contribution is 5.68. The van der Waals surface area contributed by atoms with Gasteiger partial charge in [0, 0.05) is 31.9 Å². The van der Waals surface area contributed by atoms with E-state index in [4.69, 9.17) is 9.47 Å². The monoisotopic (exact) mass is 309 g/mol. The number of aryl methyl sites for hydroxylation is 1. The molecule has 124 valence electrons. The van der Waals surface area contributed by atoms with E-state index in [2.05, 4.69) is 12.0 Å². The minimum absolute atomic E-state index is 0.200. The Balaban J connectivity index is 1.81. The maximum absolute atomic E-state index is 12.1. The molecule has 2 heterocycles. The predicted octanol–water partition coefficient (Wildman–Crippen LogP) is 2.73. The molecule has 6 heteroatoms. The van der Waals surface area contributed by atoms with E-state index in [1.54, 1.807) is 9.58 Å². The second-order valence-corrected chi connectivity index (χ2v) is 7.23. The standard InChI is InChI=1S/C16H27N3O3/c1-15(2,3)22-14(20)19-8-6-16(4,7-9-19)21-12-13-10-17-18(5)11-13/h10-11H,6-9,12H2,1-5H3. The predicted molar refractivity (Wildman–Crippen MR) is 83.4 cm³/mol. The molecule has 0 N–H and O–H groups in total. The topological polar surface area (TPSA) is 56.6 Å². The van der Waals surface area contributed by atoms with Gasteiger partial charge in [-0.3, -0.25) is 4.68 Å². The number of carbonyl (C=O) groups excluding carboxylic acids is 1. The summed E-state index contributed by atoms with van der Waals surface area (Å²) in [5.41, 5.74) is 0.418. The molecular formula is C16H27N3O3. The van der Waals surface area contributed by atoms with Crippen LogP contribution in [0.5, 0.6) is 0 Å². The van der Waals surface area contributed by atoms with Crippen LogP contribution in [-0.2, 0) is 23.1 Å². The molecule has 0 aromatic carbocycles. The van der Waals surface area contributed by atoms with E-state index in [9.17, 15) is 4.79 Å². The number of piperidine rings is 1. The van der Waals surface area contributed by atoms with Crippen molar-refractivity contribution in [1.82, 2.24) is 14.7 Å². The Bertz CT molecular complexity index is 511. The highest BCUT2D eigenvalue weighted by Crippen LogP contribution is 2.27. The zero-order valence-electron chi connectivity index (χ0n) is 14.3. The molecular weight excluding hydrogens is 282 g/mol. The zero-order valence-corrected chi connectivity index (χ0v) is 14.3. The second kappa shape index (κ2) is 6.28. The first kappa shape index (κ1) is 16.8. The number of amides is 1. The minimum Gasteiger partial charge on any atom is -0.444 e. The summed E-state index contributed by atoms with van der Waals surface area (Å²) in [5, 5.41) is 4.14. The summed E-state index contributed by atoms with van der Waals surface area (Å²) in [5.74, 6) is 0. The smallest absolute Gasteiger partial charge is 0.410 e. The normalized spacial score (nSPS) is 18.3. The van der Waals surface area contributed by atoms with Crippen molar-refractivity contribution in [3.05, 3.63) is 18.0 Å². The van der Waals surface area contributed by atoms with Gasteiger partial charge in [0.15, 0.2) is 0 Å². The highest BCUT2D eigenvalue weighted by Gasteiger charge is 2.34. The van der Waals surface area contributed by atoms with Crippen LogP contribution < -0.4 is 0 Å². The van der Waals surface area contributed by atoms with Crippen molar-refractivity contribution in [3.63, 3.8) is 0 Å². The average molecular weight is 309 g/mol. The first-order chi connectivity index (χ1) is 10.2. The number of carbonyl (C=O) groups is 1. The van der Waals surface area contributed by atoms with Gasteiger partial charge >= 0.3 is 6.09 Å². The van der Waals surface area contributed by atoms with E-state index >= 15 is 0 Å². The summed E-state index contributed by atoms with van der Waals surface area (Å²) < 4.78 is 13.2. The van der Waals surface area contributed by atoms with Crippen molar-refractivity contribution >= 4 is 6.09 Å². The Morgan fingerprint density at radius 3 is 2.50 bits per heavy atom. The average Bonchev–Trinajstić information content (AvgIpc) is 2.81. The number of likely N-dealkylation sites (tertiary alicyclic amines) is 1. The SMILES string of the molecule is Cn1cc(COC2(C)CCN(C(=O)OC(C)(C)C)CC2)cn1. The molecule has 0 spiro atoms. The van der Waals surface area contributed by atoms with Gasteiger partial charge in [0.1, 0.15) is 5.60 Å². The van der Waals surface area contributed by atoms with Crippen molar-refractivity contribution in [2.45, 2.75) is 58.3 Å². The van der Waals surface area contributed by atoms with E-state index in [0.29, 0.717) is 19.7 Å². The molecule has 0 saturated carbocycles. The van der Waals surface area contributed by atoms with Crippen LogP contribution in [0.15, 0.2) is 12.4 Å². The van der Waals surface area contributed by atoms with Gasteiger partial charge < -0.3 is 14.4 Å². The molecule has 1 saturated heterocycles. The summed E-state index contributed by atoms with van der Waals surface area (Å²) in [6.45, 7) is 9.64. The van der Waals surface area contributed by atoms with Crippen LogP contribution in [0.1, 0.15) is 46.1 Å². The largest absolute Gasteiger partial charge is 0.444 e. The lowest BCUT2D eigenvalue weighted by molar-refractivity contribution is -0.0812. The maximum atomic E-state index is 12.1. The van der Waals surface area contributed by atoms with E-state index in [1.165, 1.54) is 0 Å². The molecule has 1 aliphatic heterocycles. The van der Waals surface area contributed by atoms with Crippen LogP contribution in [0.2, 0.25) is 0 Å². The highest BCUT2D eigenvalue weighted by atomic mass is 16.6. The number of ether oxygens (including phenoxy) is 2. The molecule has 0 atom stereocenters. The van der Waals surface area contributed by atoms with E-state index in [-0.39, 0.29) is 11.7 Å². The fourth-order valence-corrected chi connectivity index (χ4v) is 2.44. The summed E-state index contributed by atoms with van der Waals surface area (Å²) >= 11 is 0. The number of rotatable bonds is 3. The fourth-order valence-electron chi connectivity index (χ4n) is 2.44. The molecule has 22 heavy (non-hydrogen) atoms. The summed E-state index contributed by atoms with van der Waals surface area (Å²) in [7, 11) is 1.89. The lowest BCUT2D eigenvalue weighted by Crippen LogP contribution is -2.47. The molecule has 6 nitrogen and oxygen atoms in total. The summed E-state index contributed by atoms with van der Waals surface area (Å²) in [6.07, 6.45) is 5.17. The lowest BCUT2D eigenvalue weighted by Gasteiger charge is -2.39. The van der Waals surface area contributed by atoms with Crippen molar-refractivity contribution in [2.24, 2.45) is 7.05 Å². The summed E-state index contributed by atoms with van der Waals surface area (Å²) in [6, 6.07) is 0. The number of hydrogen-bond donors (Lipinski definition) is 0. The third-order valence-corrected chi connectivity index (χ3v) is 3.82. The van der Waals surface area contributed by atoms with E-state index in [0.717, 1.165) is 18.4 Å². The minimum atomic E-state index is -0.450. The molecule has 1 aromatic heterocycles. The molecule has 0 radical (unpaired) electrons. The number of aromatic nitrogens is 2. The van der Waals surface area contributed by atoms with Crippen LogP contribution in [0.4, 0.5) is 4.79 Å². The summed E-state index contributed by atoms with van der Waals surface area (Å²) in [4.78, 5) is 13.8. The van der Waals surface area contributed by atoms with Crippen molar-refractivity contribution in [2.75, 3.05) is 13.1 Å². The Morgan fingerprint density at radius 1 is 1.36 bits per heavy atom. The van der Waals surface area contributed by atoms with Gasteiger partial charge in [-0.1, -0.05) is 0 Å². The van der Waals surface area contributed by atoms with Gasteiger partial charge in [-0.25, -0.2) is 4.79 Å².